The number of carboxylic acids is 1. The number of aliphatic carboxylic acids is 1. The first-order chi connectivity index (χ1) is 12.5. The van der Waals surface area contributed by atoms with E-state index in [4.69, 9.17) is 0 Å². The highest BCUT2D eigenvalue weighted by Crippen LogP contribution is 2.28. The molecule has 3 aromatic rings. The highest BCUT2D eigenvalue weighted by molar-refractivity contribution is 14.1. The van der Waals surface area contributed by atoms with Crippen LogP contribution in [0.2, 0.25) is 0 Å². The largest absolute Gasteiger partial charge is 0.480 e. The van der Waals surface area contributed by atoms with E-state index >= 15 is 0 Å². The Kier molecular flexibility index (Phi) is 4.03. The Morgan fingerprint density at radius 1 is 1.12 bits per heavy atom. The molecule has 0 aliphatic carbocycles. The minimum Gasteiger partial charge on any atom is -0.480 e. The molecular formula is C19H13IN2O4. The Labute approximate surface area is 161 Å². The number of amides is 2. The van der Waals surface area contributed by atoms with E-state index in [-0.39, 0.29) is 17.5 Å². The lowest BCUT2D eigenvalue weighted by Crippen LogP contribution is -2.46. The van der Waals surface area contributed by atoms with Crippen molar-refractivity contribution in [3.05, 3.63) is 68.9 Å². The summed E-state index contributed by atoms with van der Waals surface area (Å²) in [6.45, 7) is 0. The molecule has 2 N–H and O–H groups in total. The van der Waals surface area contributed by atoms with Crippen LogP contribution in [0.3, 0.4) is 0 Å². The predicted octanol–water partition coefficient (Wildman–Crippen LogP) is 3.06. The second-order valence-corrected chi connectivity index (χ2v) is 7.33. The first-order valence-electron chi connectivity index (χ1n) is 7.92. The van der Waals surface area contributed by atoms with Gasteiger partial charge < -0.3 is 10.1 Å². The Morgan fingerprint density at radius 3 is 2.38 bits per heavy atom. The van der Waals surface area contributed by atoms with Gasteiger partial charge in [-0.15, -0.1) is 0 Å². The molecule has 2 heterocycles. The molecule has 0 radical (unpaired) electrons. The van der Waals surface area contributed by atoms with Crippen LogP contribution in [-0.4, -0.2) is 38.8 Å². The van der Waals surface area contributed by atoms with E-state index in [1.165, 1.54) is 0 Å². The number of benzene rings is 2. The van der Waals surface area contributed by atoms with Crippen LogP contribution >= 0.6 is 22.6 Å². The van der Waals surface area contributed by atoms with E-state index in [2.05, 4.69) is 27.6 Å². The van der Waals surface area contributed by atoms with Gasteiger partial charge in [-0.1, -0.05) is 12.1 Å². The van der Waals surface area contributed by atoms with Gasteiger partial charge in [0.05, 0.1) is 11.1 Å². The molecule has 0 fully saturated rings. The average molecular weight is 460 g/mol. The number of halogens is 1. The van der Waals surface area contributed by atoms with Crippen LogP contribution < -0.4 is 0 Å². The summed E-state index contributed by atoms with van der Waals surface area (Å²) in [4.78, 5) is 41.1. The summed E-state index contributed by atoms with van der Waals surface area (Å²) < 4.78 is 1.02. The molecule has 1 unspecified atom stereocenters. The van der Waals surface area contributed by atoms with Crippen molar-refractivity contribution in [3.63, 3.8) is 0 Å². The smallest absolute Gasteiger partial charge is 0.327 e. The fourth-order valence-corrected chi connectivity index (χ4v) is 3.80. The van der Waals surface area contributed by atoms with Gasteiger partial charge in [-0.05, 0) is 58.5 Å². The maximum Gasteiger partial charge on any atom is 0.327 e. The zero-order valence-electron chi connectivity index (χ0n) is 13.4. The van der Waals surface area contributed by atoms with Gasteiger partial charge >= 0.3 is 5.97 Å². The van der Waals surface area contributed by atoms with Crippen LogP contribution in [-0.2, 0) is 11.2 Å². The molecular weight excluding hydrogens is 447 g/mol. The quantitative estimate of drug-likeness (QED) is 0.463. The Morgan fingerprint density at radius 2 is 1.77 bits per heavy atom. The van der Waals surface area contributed by atoms with Crippen LogP contribution in [0.25, 0.3) is 10.9 Å². The average Bonchev–Trinajstić information content (AvgIpc) is 3.12. The second kappa shape index (κ2) is 6.24. The number of carboxylic acid groups (broad SMARTS) is 1. The molecule has 0 spiro atoms. The van der Waals surface area contributed by atoms with Crippen molar-refractivity contribution in [2.75, 3.05) is 0 Å². The van der Waals surface area contributed by atoms with E-state index in [9.17, 15) is 19.5 Å². The maximum absolute atomic E-state index is 12.6. The van der Waals surface area contributed by atoms with E-state index < -0.39 is 23.8 Å². The third-order valence-electron chi connectivity index (χ3n) is 4.56. The number of carbonyl (C=O) groups excluding carboxylic acids is 2. The number of imide groups is 1. The summed E-state index contributed by atoms with van der Waals surface area (Å²) in [5.41, 5.74) is 2.13. The summed E-state index contributed by atoms with van der Waals surface area (Å²) in [7, 11) is 0. The van der Waals surface area contributed by atoms with Gasteiger partial charge in [0, 0.05) is 27.1 Å². The van der Waals surface area contributed by atoms with Gasteiger partial charge in [-0.25, -0.2) is 4.79 Å². The molecule has 1 aliphatic heterocycles. The van der Waals surface area contributed by atoms with Crippen molar-refractivity contribution in [1.82, 2.24) is 9.88 Å². The number of rotatable bonds is 4. The number of aromatic amines is 1. The Hall–Kier alpha value is -2.68. The molecule has 1 aromatic heterocycles. The third kappa shape index (κ3) is 2.59. The lowest BCUT2D eigenvalue weighted by atomic mass is 10.0. The van der Waals surface area contributed by atoms with Crippen LogP contribution in [0.4, 0.5) is 0 Å². The molecule has 0 bridgehead atoms. The first-order valence-corrected chi connectivity index (χ1v) is 9.00. The maximum atomic E-state index is 12.6. The second-order valence-electron chi connectivity index (χ2n) is 6.09. The highest BCUT2D eigenvalue weighted by atomic mass is 127. The number of hydrogen-bond acceptors (Lipinski definition) is 3. The van der Waals surface area contributed by atoms with Crippen molar-refractivity contribution < 1.29 is 19.5 Å². The van der Waals surface area contributed by atoms with Crippen LogP contribution in [0, 0.1) is 3.57 Å². The summed E-state index contributed by atoms with van der Waals surface area (Å²) in [5, 5.41) is 10.6. The molecule has 7 heteroatoms. The lowest BCUT2D eigenvalue weighted by Gasteiger charge is -2.22. The monoisotopic (exact) mass is 460 g/mol. The summed E-state index contributed by atoms with van der Waals surface area (Å²) >= 11 is 2.19. The molecule has 2 aromatic carbocycles. The number of nitrogens with zero attached hydrogens (tertiary/aromatic N) is 1. The predicted molar refractivity (Wildman–Crippen MR) is 103 cm³/mol. The van der Waals surface area contributed by atoms with Crippen molar-refractivity contribution in [2.24, 2.45) is 0 Å². The fraction of sp³-hybridized carbons (Fsp3) is 0.105. The third-order valence-corrected chi connectivity index (χ3v) is 5.24. The van der Waals surface area contributed by atoms with Gasteiger partial charge in [0.1, 0.15) is 6.04 Å². The first kappa shape index (κ1) is 16.8. The Balaban J connectivity index is 1.73. The van der Waals surface area contributed by atoms with Crippen molar-refractivity contribution in [3.8, 4) is 0 Å². The summed E-state index contributed by atoms with van der Waals surface area (Å²) in [6, 6.07) is 10.9. The zero-order chi connectivity index (χ0) is 18.4. The van der Waals surface area contributed by atoms with E-state index in [0.29, 0.717) is 0 Å². The molecule has 6 nitrogen and oxygen atoms in total. The molecule has 26 heavy (non-hydrogen) atoms. The Bertz CT molecular complexity index is 1040. The normalized spacial score (nSPS) is 14.7. The summed E-state index contributed by atoms with van der Waals surface area (Å²) in [6.07, 6.45) is 1.77. The molecule has 0 saturated heterocycles. The van der Waals surface area contributed by atoms with Crippen LogP contribution in [0.1, 0.15) is 26.3 Å². The lowest BCUT2D eigenvalue weighted by molar-refractivity contribution is -0.141. The van der Waals surface area contributed by atoms with Crippen molar-refractivity contribution in [1.29, 1.82) is 0 Å². The zero-order valence-corrected chi connectivity index (χ0v) is 15.6. The number of hydrogen-bond donors (Lipinski definition) is 2. The molecule has 2 amide bonds. The number of aromatic nitrogens is 1. The van der Waals surface area contributed by atoms with Crippen molar-refractivity contribution >= 4 is 51.3 Å². The standard InChI is InChI=1S/C19H13IN2O4/c20-11-5-6-15-14(8-11)10(9-21-15)7-16(19(25)26)22-17(23)12-3-1-2-4-13(12)18(22)24/h1-6,8-9,16,21H,7H2,(H,25,26). The van der Waals surface area contributed by atoms with Crippen LogP contribution in [0.15, 0.2) is 48.7 Å². The molecule has 4 rings (SSSR count). The number of H-pyrrole nitrogens is 1. The van der Waals surface area contributed by atoms with Gasteiger partial charge in [-0.2, -0.15) is 0 Å². The number of nitrogens with one attached hydrogen (secondary N) is 1. The molecule has 1 atom stereocenters. The van der Waals surface area contributed by atoms with Gasteiger partial charge in [0.2, 0.25) is 0 Å². The molecule has 1 aliphatic rings. The van der Waals surface area contributed by atoms with Crippen molar-refractivity contribution in [2.45, 2.75) is 12.5 Å². The van der Waals surface area contributed by atoms with Crippen LogP contribution in [0.5, 0.6) is 0 Å². The van der Waals surface area contributed by atoms with Gasteiger partial charge in [-0.3, -0.25) is 14.5 Å². The number of carbonyl (C=O) groups is 3. The minimum absolute atomic E-state index is 0.0426. The van der Waals surface area contributed by atoms with Gasteiger partial charge in [0.15, 0.2) is 0 Å². The van der Waals surface area contributed by atoms with E-state index in [0.717, 1.165) is 24.9 Å². The van der Waals surface area contributed by atoms with E-state index in [1.54, 1.807) is 30.5 Å². The molecule has 0 saturated carbocycles. The molecule has 130 valence electrons. The fourth-order valence-electron chi connectivity index (χ4n) is 3.31. The minimum atomic E-state index is -1.26. The van der Waals surface area contributed by atoms with Gasteiger partial charge in [0.25, 0.3) is 11.8 Å². The SMILES string of the molecule is O=C(O)C(Cc1c[nH]c2ccc(I)cc12)N1C(=O)c2ccccc2C1=O. The topological polar surface area (TPSA) is 90.5 Å². The number of fused-ring (bicyclic) bond motifs is 2. The summed E-state index contributed by atoms with van der Waals surface area (Å²) in [5.74, 6) is -2.33. The highest BCUT2D eigenvalue weighted by Gasteiger charge is 2.42. The van der Waals surface area contributed by atoms with E-state index in [1.807, 2.05) is 18.2 Å².